The Morgan fingerprint density at radius 1 is 1.22 bits per heavy atom. The molecule has 0 aliphatic rings. The summed E-state index contributed by atoms with van der Waals surface area (Å²) in [5.41, 5.74) is -0.116. The molecule has 0 radical (unpaired) electrons. The van der Waals surface area contributed by atoms with Crippen molar-refractivity contribution >= 4 is 12.0 Å². The van der Waals surface area contributed by atoms with Crippen molar-refractivity contribution in [3.05, 3.63) is 35.4 Å². The van der Waals surface area contributed by atoms with Crippen molar-refractivity contribution in [3.8, 4) is 6.19 Å². The Bertz CT molecular complexity index is 697. The van der Waals surface area contributed by atoms with Gasteiger partial charge in [0.15, 0.2) is 12.2 Å². The Hall–Kier alpha value is -2.76. The maximum Gasteiger partial charge on any atom is 0.413 e. The minimum absolute atomic E-state index is 0.0586. The van der Waals surface area contributed by atoms with E-state index in [1.54, 1.807) is 0 Å². The molecule has 1 unspecified atom stereocenters. The number of amides is 2. The van der Waals surface area contributed by atoms with Gasteiger partial charge in [-0.1, -0.05) is 26.0 Å². The van der Waals surface area contributed by atoms with Gasteiger partial charge in [0, 0.05) is 13.6 Å². The van der Waals surface area contributed by atoms with E-state index in [0.717, 1.165) is 19.2 Å². The number of nitrogens with zero attached hydrogens (tertiary/aromatic N) is 3. The van der Waals surface area contributed by atoms with Crippen LogP contribution < -0.4 is 0 Å². The third-order valence-electron chi connectivity index (χ3n) is 3.90. The first kappa shape index (κ1) is 22.3. The van der Waals surface area contributed by atoms with Crippen molar-refractivity contribution in [2.24, 2.45) is 5.92 Å². The Morgan fingerprint density at radius 2 is 1.78 bits per heavy atom. The lowest BCUT2D eigenvalue weighted by Gasteiger charge is -2.35. The van der Waals surface area contributed by atoms with Gasteiger partial charge in [-0.05, 0) is 30.0 Å². The largest absolute Gasteiger partial charge is 0.465 e. The number of carbonyl (C=O) groups is 2. The number of urea groups is 1. The smallest absolute Gasteiger partial charge is 0.413 e. The molecular weight excluding hydrogens is 363 g/mol. The van der Waals surface area contributed by atoms with Gasteiger partial charge in [0.05, 0.1) is 12.7 Å². The number of halogens is 3. The Kier molecular flexibility index (Phi) is 7.64. The zero-order chi connectivity index (χ0) is 20.8. The van der Waals surface area contributed by atoms with E-state index >= 15 is 0 Å². The summed E-state index contributed by atoms with van der Waals surface area (Å²) < 4.78 is 46.1. The first-order chi connectivity index (χ1) is 12.5. The molecule has 0 aliphatic heterocycles. The molecule has 1 atom stereocenters. The van der Waals surface area contributed by atoms with E-state index in [4.69, 9.17) is 5.26 Å². The van der Waals surface area contributed by atoms with Crippen molar-refractivity contribution in [1.29, 1.82) is 5.26 Å². The monoisotopic (exact) mass is 385 g/mol. The fraction of sp³-hybridized carbons (Fsp3) is 0.500. The number of nitriles is 1. The molecular formula is C18H22F3N3O3. The Labute approximate surface area is 156 Å². The van der Waals surface area contributed by atoms with Crippen molar-refractivity contribution in [2.45, 2.75) is 32.5 Å². The number of hydrogen-bond acceptors (Lipinski definition) is 4. The summed E-state index contributed by atoms with van der Waals surface area (Å²) in [6, 6.07) is 1.39. The van der Waals surface area contributed by atoms with Gasteiger partial charge in [0.25, 0.3) is 0 Å². The maximum absolute atomic E-state index is 13.8. The standard InChI is InChI=1S/C18H22F3N3O3/c1-12(2)9-10-24(17(26)23(3)11-22)15(18(19,20)21)13-5-7-14(8-6-13)16(25)27-4/h5-8,12,15H,9-10H2,1-4H3. The van der Waals surface area contributed by atoms with E-state index in [2.05, 4.69) is 4.74 Å². The van der Waals surface area contributed by atoms with Crippen molar-refractivity contribution in [2.75, 3.05) is 20.7 Å². The highest BCUT2D eigenvalue weighted by molar-refractivity contribution is 5.89. The first-order valence-corrected chi connectivity index (χ1v) is 8.22. The first-order valence-electron chi connectivity index (χ1n) is 8.22. The van der Waals surface area contributed by atoms with Crippen LogP contribution in [0.3, 0.4) is 0 Å². The maximum atomic E-state index is 13.8. The third-order valence-corrected chi connectivity index (χ3v) is 3.90. The predicted octanol–water partition coefficient (Wildman–Crippen LogP) is 3.96. The lowest BCUT2D eigenvalue weighted by Crippen LogP contribution is -2.47. The van der Waals surface area contributed by atoms with Crippen LogP contribution in [0.25, 0.3) is 0 Å². The number of alkyl halides is 3. The summed E-state index contributed by atoms with van der Waals surface area (Å²) in [7, 11) is 2.28. The summed E-state index contributed by atoms with van der Waals surface area (Å²) in [5.74, 6) is -0.620. The van der Waals surface area contributed by atoms with Gasteiger partial charge in [0.2, 0.25) is 0 Å². The highest BCUT2D eigenvalue weighted by Gasteiger charge is 2.47. The molecule has 0 spiro atoms. The Balaban J connectivity index is 3.36. The number of hydrogen-bond donors (Lipinski definition) is 0. The summed E-state index contributed by atoms with van der Waals surface area (Å²) in [5, 5.41) is 8.91. The van der Waals surface area contributed by atoms with Gasteiger partial charge in [-0.2, -0.15) is 18.4 Å². The number of carbonyl (C=O) groups excluding carboxylic acids is 2. The van der Waals surface area contributed by atoms with E-state index in [-0.39, 0.29) is 23.6 Å². The van der Waals surface area contributed by atoms with Crippen LogP contribution >= 0.6 is 0 Å². The highest BCUT2D eigenvalue weighted by Crippen LogP contribution is 2.38. The fourth-order valence-electron chi connectivity index (χ4n) is 2.43. The van der Waals surface area contributed by atoms with Gasteiger partial charge >= 0.3 is 18.2 Å². The van der Waals surface area contributed by atoms with E-state index in [1.807, 2.05) is 13.8 Å². The summed E-state index contributed by atoms with van der Waals surface area (Å²) in [6.07, 6.45) is -2.90. The average molecular weight is 385 g/mol. The number of esters is 1. The SMILES string of the molecule is COC(=O)c1ccc(C(N(CCC(C)C)C(=O)N(C)C#N)C(F)(F)F)cc1. The molecule has 0 bridgehead atoms. The van der Waals surface area contributed by atoms with Crippen LogP contribution in [0, 0.1) is 17.4 Å². The number of benzene rings is 1. The molecule has 1 aromatic carbocycles. The van der Waals surface area contributed by atoms with Gasteiger partial charge in [-0.15, -0.1) is 0 Å². The molecule has 0 heterocycles. The van der Waals surface area contributed by atoms with Crippen LogP contribution in [-0.2, 0) is 4.74 Å². The van der Waals surface area contributed by atoms with E-state index < -0.39 is 24.2 Å². The van der Waals surface area contributed by atoms with Crippen molar-refractivity contribution < 1.29 is 27.5 Å². The molecule has 0 aromatic heterocycles. The second kappa shape index (κ2) is 9.26. The summed E-state index contributed by atoms with van der Waals surface area (Å²) in [4.78, 5) is 25.1. The average Bonchev–Trinajstić information content (AvgIpc) is 2.62. The number of ether oxygens (including phenoxy) is 1. The quantitative estimate of drug-likeness (QED) is 0.422. The molecule has 2 amide bonds. The van der Waals surface area contributed by atoms with Gasteiger partial charge in [-0.3, -0.25) is 0 Å². The van der Waals surface area contributed by atoms with Crippen LogP contribution in [0.4, 0.5) is 18.0 Å². The molecule has 9 heteroatoms. The predicted molar refractivity (Wildman–Crippen MR) is 91.5 cm³/mol. The minimum atomic E-state index is -4.77. The fourth-order valence-corrected chi connectivity index (χ4v) is 2.43. The van der Waals surface area contributed by atoms with E-state index in [1.165, 1.54) is 25.4 Å². The highest BCUT2D eigenvalue weighted by atomic mass is 19.4. The second-order valence-electron chi connectivity index (χ2n) is 6.38. The van der Waals surface area contributed by atoms with Gasteiger partial charge in [-0.25, -0.2) is 14.5 Å². The number of methoxy groups -OCH3 is 1. The molecule has 0 saturated heterocycles. The third kappa shape index (κ3) is 5.88. The molecule has 1 aromatic rings. The van der Waals surface area contributed by atoms with Crippen LogP contribution in [-0.4, -0.2) is 48.7 Å². The van der Waals surface area contributed by atoms with Gasteiger partial charge < -0.3 is 9.64 Å². The summed E-state index contributed by atoms with van der Waals surface area (Å²) in [6.45, 7) is 3.47. The molecule has 1 rings (SSSR count). The summed E-state index contributed by atoms with van der Waals surface area (Å²) >= 11 is 0. The van der Waals surface area contributed by atoms with Gasteiger partial charge in [0.1, 0.15) is 0 Å². The lowest BCUT2D eigenvalue weighted by atomic mass is 10.0. The number of rotatable bonds is 6. The van der Waals surface area contributed by atoms with E-state index in [0.29, 0.717) is 16.2 Å². The zero-order valence-corrected chi connectivity index (χ0v) is 15.6. The normalized spacial score (nSPS) is 12.3. The molecule has 0 fully saturated rings. The van der Waals surface area contributed by atoms with Crippen LogP contribution in [0.5, 0.6) is 0 Å². The van der Waals surface area contributed by atoms with Crippen LogP contribution in [0.2, 0.25) is 0 Å². The molecule has 0 saturated carbocycles. The van der Waals surface area contributed by atoms with Crippen LogP contribution in [0.15, 0.2) is 24.3 Å². The molecule has 148 valence electrons. The van der Waals surface area contributed by atoms with Crippen molar-refractivity contribution in [1.82, 2.24) is 9.80 Å². The topological polar surface area (TPSA) is 73.6 Å². The molecule has 0 aliphatic carbocycles. The van der Waals surface area contributed by atoms with Crippen molar-refractivity contribution in [3.63, 3.8) is 0 Å². The lowest BCUT2D eigenvalue weighted by molar-refractivity contribution is -0.179. The Morgan fingerprint density at radius 3 is 2.19 bits per heavy atom. The molecule has 0 N–H and O–H groups in total. The minimum Gasteiger partial charge on any atom is -0.465 e. The second-order valence-corrected chi connectivity index (χ2v) is 6.38. The van der Waals surface area contributed by atoms with Crippen LogP contribution in [0.1, 0.15) is 42.2 Å². The van der Waals surface area contributed by atoms with E-state index in [9.17, 15) is 22.8 Å². The molecule has 6 nitrogen and oxygen atoms in total. The molecule has 27 heavy (non-hydrogen) atoms. The zero-order valence-electron chi connectivity index (χ0n) is 15.6.